The van der Waals surface area contributed by atoms with E-state index in [0.717, 1.165) is 35.9 Å². The number of amides is 1. The van der Waals surface area contributed by atoms with Gasteiger partial charge in [0.15, 0.2) is 9.84 Å². The van der Waals surface area contributed by atoms with Gasteiger partial charge >= 0.3 is 0 Å². The van der Waals surface area contributed by atoms with E-state index in [1.165, 1.54) is 12.1 Å². The molecule has 6 heteroatoms. The van der Waals surface area contributed by atoms with Crippen molar-refractivity contribution in [2.24, 2.45) is 0 Å². The van der Waals surface area contributed by atoms with Gasteiger partial charge in [-0.1, -0.05) is 17.7 Å². The van der Waals surface area contributed by atoms with E-state index in [-0.39, 0.29) is 10.8 Å². The van der Waals surface area contributed by atoms with Crippen LogP contribution < -0.4 is 4.90 Å². The number of aryl methyl sites for hydroxylation is 2. The number of anilines is 1. The Morgan fingerprint density at radius 1 is 1.21 bits per heavy atom. The molecule has 0 saturated heterocycles. The molecule has 4 nitrogen and oxygen atoms in total. The van der Waals surface area contributed by atoms with Crippen molar-refractivity contribution in [3.05, 3.63) is 58.1 Å². The van der Waals surface area contributed by atoms with Crippen LogP contribution in [-0.4, -0.2) is 27.1 Å². The highest BCUT2D eigenvalue weighted by Gasteiger charge is 2.26. The third-order valence-corrected chi connectivity index (χ3v) is 5.52. The van der Waals surface area contributed by atoms with E-state index in [0.29, 0.717) is 17.1 Å². The van der Waals surface area contributed by atoms with Crippen LogP contribution >= 0.6 is 11.6 Å². The average Bonchev–Trinajstić information content (AvgIpc) is 2.52. The number of hydrogen-bond acceptors (Lipinski definition) is 3. The lowest BCUT2D eigenvalue weighted by molar-refractivity contribution is 0.0984. The van der Waals surface area contributed by atoms with E-state index < -0.39 is 9.84 Å². The van der Waals surface area contributed by atoms with Crippen molar-refractivity contribution in [3.63, 3.8) is 0 Å². The van der Waals surface area contributed by atoms with Gasteiger partial charge < -0.3 is 4.90 Å². The molecular formula is C18H18ClNO3S. The van der Waals surface area contributed by atoms with Crippen molar-refractivity contribution in [2.75, 3.05) is 17.7 Å². The minimum Gasteiger partial charge on any atom is -0.308 e. The van der Waals surface area contributed by atoms with Gasteiger partial charge in [0.25, 0.3) is 5.91 Å². The highest BCUT2D eigenvalue weighted by Crippen LogP contribution is 2.34. The summed E-state index contributed by atoms with van der Waals surface area (Å²) in [6, 6.07) is 9.94. The summed E-state index contributed by atoms with van der Waals surface area (Å²) in [6.07, 6.45) is 2.87. The molecule has 1 aliphatic heterocycles. The zero-order chi connectivity index (χ0) is 17.5. The monoisotopic (exact) mass is 363 g/mol. The third kappa shape index (κ3) is 3.19. The van der Waals surface area contributed by atoms with Gasteiger partial charge in [-0.05, 0) is 61.2 Å². The van der Waals surface area contributed by atoms with E-state index in [1.807, 2.05) is 19.1 Å². The van der Waals surface area contributed by atoms with Crippen LogP contribution in [0.1, 0.15) is 27.9 Å². The van der Waals surface area contributed by atoms with Crippen molar-refractivity contribution in [3.8, 4) is 0 Å². The van der Waals surface area contributed by atoms with Crippen molar-refractivity contribution < 1.29 is 13.2 Å². The summed E-state index contributed by atoms with van der Waals surface area (Å²) in [5.74, 6) is -0.188. The zero-order valence-corrected chi connectivity index (χ0v) is 15.1. The molecule has 1 aliphatic rings. The molecule has 0 atom stereocenters. The van der Waals surface area contributed by atoms with Crippen molar-refractivity contribution in [1.82, 2.24) is 0 Å². The molecule has 2 aromatic rings. The Kier molecular flexibility index (Phi) is 4.40. The number of sulfone groups is 1. The molecule has 1 amide bonds. The number of hydrogen-bond donors (Lipinski definition) is 0. The van der Waals surface area contributed by atoms with Gasteiger partial charge in [0.05, 0.1) is 10.6 Å². The molecule has 0 spiro atoms. The van der Waals surface area contributed by atoms with Gasteiger partial charge in [0, 0.05) is 23.4 Å². The normalized spacial score (nSPS) is 14.4. The fourth-order valence-electron chi connectivity index (χ4n) is 3.14. The quantitative estimate of drug-likeness (QED) is 0.818. The first-order chi connectivity index (χ1) is 11.3. The van der Waals surface area contributed by atoms with E-state index in [4.69, 9.17) is 11.6 Å². The molecule has 126 valence electrons. The highest BCUT2D eigenvalue weighted by atomic mass is 35.5. The van der Waals surface area contributed by atoms with Crippen molar-refractivity contribution in [2.45, 2.75) is 24.7 Å². The summed E-state index contributed by atoms with van der Waals surface area (Å²) in [4.78, 5) is 14.9. The van der Waals surface area contributed by atoms with E-state index in [2.05, 4.69) is 0 Å². The molecule has 0 N–H and O–H groups in total. The second-order valence-electron chi connectivity index (χ2n) is 6.09. The molecule has 3 rings (SSSR count). The summed E-state index contributed by atoms with van der Waals surface area (Å²) in [7, 11) is -3.35. The van der Waals surface area contributed by atoms with Crippen LogP contribution in [0.15, 0.2) is 41.3 Å². The zero-order valence-electron chi connectivity index (χ0n) is 13.5. The third-order valence-electron chi connectivity index (χ3n) is 4.20. The second-order valence-corrected chi connectivity index (χ2v) is 8.54. The van der Waals surface area contributed by atoms with Crippen LogP contribution in [0.2, 0.25) is 5.02 Å². The fourth-order valence-corrected chi connectivity index (χ4v) is 4.10. The van der Waals surface area contributed by atoms with E-state index in [9.17, 15) is 13.2 Å². The molecule has 0 bridgehead atoms. The van der Waals surface area contributed by atoms with Crippen LogP contribution in [0.4, 0.5) is 5.69 Å². The number of carbonyl (C=O) groups is 1. The van der Waals surface area contributed by atoms with Gasteiger partial charge in [-0.25, -0.2) is 8.42 Å². The Morgan fingerprint density at radius 3 is 2.67 bits per heavy atom. The Hall–Kier alpha value is -1.85. The van der Waals surface area contributed by atoms with Crippen LogP contribution in [0.3, 0.4) is 0 Å². The summed E-state index contributed by atoms with van der Waals surface area (Å²) in [5.41, 5.74) is 3.27. The molecule has 1 heterocycles. The van der Waals surface area contributed by atoms with Gasteiger partial charge in [0.1, 0.15) is 0 Å². The van der Waals surface area contributed by atoms with Crippen LogP contribution in [-0.2, 0) is 16.3 Å². The predicted molar refractivity (Wildman–Crippen MR) is 95.7 cm³/mol. The number of carbonyl (C=O) groups excluding carboxylic acids is 1. The SMILES string of the molecule is Cc1cc(Cl)cc2c1N(C(=O)c1cccc(S(C)(=O)=O)c1)CCC2. The largest absolute Gasteiger partial charge is 0.308 e. The summed E-state index contributed by atoms with van der Waals surface area (Å²) < 4.78 is 23.5. The maximum atomic E-state index is 13.0. The molecule has 0 aromatic heterocycles. The molecule has 0 unspecified atom stereocenters. The lowest BCUT2D eigenvalue weighted by Gasteiger charge is -2.31. The van der Waals surface area contributed by atoms with Gasteiger partial charge in [-0.2, -0.15) is 0 Å². The standard InChI is InChI=1S/C18H18ClNO3S/c1-12-9-15(19)10-13-6-4-8-20(17(12)13)18(21)14-5-3-7-16(11-14)24(2,22)23/h3,5,7,9-11H,4,6,8H2,1-2H3. The number of fused-ring (bicyclic) bond motifs is 1. The highest BCUT2D eigenvalue weighted by molar-refractivity contribution is 7.90. The van der Waals surface area contributed by atoms with Crippen molar-refractivity contribution >= 4 is 33.0 Å². The first kappa shape index (κ1) is 17.0. The Balaban J connectivity index is 2.05. The molecular weight excluding hydrogens is 346 g/mol. The van der Waals surface area contributed by atoms with Gasteiger partial charge in [-0.3, -0.25) is 4.79 Å². The van der Waals surface area contributed by atoms with Crippen LogP contribution in [0, 0.1) is 6.92 Å². The maximum absolute atomic E-state index is 13.0. The van der Waals surface area contributed by atoms with E-state index >= 15 is 0 Å². The van der Waals surface area contributed by atoms with Crippen molar-refractivity contribution in [1.29, 1.82) is 0 Å². The minimum atomic E-state index is -3.35. The molecule has 0 saturated carbocycles. The smallest absolute Gasteiger partial charge is 0.258 e. The number of rotatable bonds is 2. The Labute approximate surface area is 147 Å². The lowest BCUT2D eigenvalue weighted by atomic mass is 9.97. The number of nitrogens with zero attached hydrogens (tertiary/aromatic N) is 1. The van der Waals surface area contributed by atoms with Gasteiger partial charge in [-0.15, -0.1) is 0 Å². The van der Waals surface area contributed by atoms with Gasteiger partial charge in [0.2, 0.25) is 0 Å². The summed E-state index contributed by atoms with van der Waals surface area (Å²) in [6.45, 7) is 2.54. The minimum absolute atomic E-state index is 0.151. The predicted octanol–water partition coefficient (Wildman–Crippen LogP) is 3.64. The summed E-state index contributed by atoms with van der Waals surface area (Å²) in [5, 5.41) is 0.666. The molecule has 0 aliphatic carbocycles. The lowest BCUT2D eigenvalue weighted by Crippen LogP contribution is -2.36. The number of benzene rings is 2. The fraction of sp³-hybridized carbons (Fsp3) is 0.278. The first-order valence-electron chi connectivity index (χ1n) is 7.68. The summed E-state index contributed by atoms with van der Waals surface area (Å²) >= 11 is 6.13. The number of halogens is 1. The molecule has 0 radical (unpaired) electrons. The first-order valence-corrected chi connectivity index (χ1v) is 9.95. The molecule has 24 heavy (non-hydrogen) atoms. The topological polar surface area (TPSA) is 54.5 Å². The Bertz CT molecular complexity index is 922. The van der Waals surface area contributed by atoms with E-state index in [1.54, 1.807) is 17.0 Å². The second kappa shape index (κ2) is 6.22. The molecule has 2 aromatic carbocycles. The molecule has 0 fully saturated rings. The average molecular weight is 364 g/mol. The Morgan fingerprint density at radius 2 is 1.96 bits per heavy atom. The van der Waals surface area contributed by atoms with Crippen LogP contribution in [0.5, 0.6) is 0 Å². The maximum Gasteiger partial charge on any atom is 0.258 e. The van der Waals surface area contributed by atoms with Crippen LogP contribution in [0.25, 0.3) is 0 Å².